The third kappa shape index (κ3) is 3.24. The standard InChI is InChI=1S/C13H9BrClFN2O/c14-7-1-3-10(16)12(5-7)18-13(19)9-6-8(15)2-4-11(9)17/h1-6H,17H2,(H,18,19). The van der Waals surface area contributed by atoms with Crippen molar-refractivity contribution in [2.24, 2.45) is 0 Å². The number of nitrogen functional groups attached to an aromatic ring is 1. The Bertz CT molecular complexity index is 649. The molecule has 2 rings (SSSR count). The molecule has 0 aliphatic rings. The molecule has 0 bridgehead atoms. The molecule has 0 radical (unpaired) electrons. The van der Waals surface area contributed by atoms with E-state index < -0.39 is 11.7 Å². The molecule has 0 aromatic heterocycles. The van der Waals surface area contributed by atoms with Crippen LogP contribution in [0.4, 0.5) is 15.8 Å². The molecule has 1 amide bonds. The van der Waals surface area contributed by atoms with Gasteiger partial charge < -0.3 is 11.1 Å². The highest BCUT2D eigenvalue weighted by atomic mass is 79.9. The Kier molecular flexibility index (Phi) is 4.07. The lowest BCUT2D eigenvalue weighted by atomic mass is 10.1. The predicted octanol–water partition coefficient (Wildman–Crippen LogP) is 4.08. The molecule has 0 unspecified atom stereocenters. The predicted molar refractivity (Wildman–Crippen MR) is 77.9 cm³/mol. The van der Waals surface area contributed by atoms with E-state index in [4.69, 9.17) is 17.3 Å². The van der Waals surface area contributed by atoms with Gasteiger partial charge in [-0.25, -0.2) is 4.39 Å². The minimum atomic E-state index is -0.530. The first-order valence-electron chi connectivity index (χ1n) is 5.29. The molecule has 0 aliphatic carbocycles. The van der Waals surface area contributed by atoms with Crippen molar-refractivity contribution in [3.05, 3.63) is 57.3 Å². The third-order valence-corrected chi connectivity index (χ3v) is 3.16. The molecule has 0 saturated carbocycles. The maximum atomic E-state index is 13.5. The number of halogens is 3. The van der Waals surface area contributed by atoms with Gasteiger partial charge in [-0.2, -0.15) is 0 Å². The van der Waals surface area contributed by atoms with E-state index in [2.05, 4.69) is 21.2 Å². The lowest BCUT2D eigenvalue weighted by Gasteiger charge is -2.09. The minimum absolute atomic E-state index is 0.0683. The summed E-state index contributed by atoms with van der Waals surface area (Å²) in [6, 6.07) is 8.79. The lowest BCUT2D eigenvalue weighted by Crippen LogP contribution is -2.15. The Morgan fingerprint density at radius 3 is 2.74 bits per heavy atom. The molecule has 0 heterocycles. The zero-order valence-electron chi connectivity index (χ0n) is 9.58. The topological polar surface area (TPSA) is 55.1 Å². The van der Waals surface area contributed by atoms with Crippen LogP contribution in [-0.4, -0.2) is 5.91 Å². The molecule has 0 atom stereocenters. The minimum Gasteiger partial charge on any atom is -0.398 e. The summed E-state index contributed by atoms with van der Waals surface area (Å²) in [7, 11) is 0. The van der Waals surface area contributed by atoms with Gasteiger partial charge in [-0.05, 0) is 36.4 Å². The fourth-order valence-corrected chi connectivity index (χ4v) is 2.04. The molecule has 0 saturated heterocycles. The third-order valence-electron chi connectivity index (χ3n) is 2.44. The Balaban J connectivity index is 2.30. The van der Waals surface area contributed by atoms with Crippen LogP contribution >= 0.6 is 27.5 Å². The van der Waals surface area contributed by atoms with Gasteiger partial charge in [0, 0.05) is 15.2 Å². The van der Waals surface area contributed by atoms with Gasteiger partial charge in [0.05, 0.1) is 11.3 Å². The normalized spacial score (nSPS) is 10.3. The first-order chi connectivity index (χ1) is 8.97. The van der Waals surface area contributed by atoms with Crippen LogP contribution in [0.3, 0.4) is 0 Å². The number of nitrogens with two attached hydrogens (primary N) is 1. The number of benzene rings is 2. The molecule has 2 aromatic rings. The zero-order valence-corrected chi connectivity index (χ0v) is 11.9. The van der Waals surface area contributed by atoms with E-state index >= 15 is 0 Å². The average Bonchev–Trinajstić information content (AvgIpc) is 2.36. The van der Waals surface area contributed by atoms with Crippen LogP contribution in [0.5, 0.6) is 0 Å². The van der Waals surface area contributed by atoms with Gasteiger partial charge in [0.15, 0.2) is 0 Å². The number of nitrogens with one attached hydrogen (secondary N) is 1. The van der Waals surface area contributed by atoms with Gasteiger partial charge in [-0.1, -0.05) is 27.5 Å². The van der Waals surface area contributed by atoms with E-state index in [1.807, 2.05) is 0 Å². The largest absolute Gasteiger partial charge is 0.398 e. The van der Waals surface area contributed by atoms with E-state index in [9.17, 15) is 9.18 Å². The fourth-order valence-electron chi connectivity index (χ4n) is 1.51. The van der Waals surface area contributed by atoms with Crippen molar-refractivity contribution in [1.29, 1.82) is 0 Å². The number of amides is 1. The summed E-state index contributed by atoms with van der Waals surface area (Å²) in [6.45, 7) is 0. The number of carbonyl (C=O) groups is 1. The summed E-state index contributed by atoms with van der Waals surface area (Å²) in [5.41, 5.74) is 6.23. The molecule has 0 fully saturated rings. The van der Waals surface area contributed by atoms with Crippen LogP contribution in [-0.2, 0) is 0 Å². The Labute approximate surface area is 122 Å². The molecule has 3 N–H and O–H groups in total. The second-order valence-electron chi connectivity index (χ2n) is 3.81. The van der Waals surface area contributed by atoms with E-state index in [1.54, 1.807) is 12.1 Å². The molecule has 98 valence electrons. The number of hydrogen-bond acceptors (Lipinski definition) is 2. The monoisotopic (exact) mass is 342 g/mol. The van der Waals surface area contributed by atoms with E-state index in [1.165, 1.54) is 24.3 Å². The molecule has 3 nitrogen and oxygen atoms in total. The number of anilines is 2. The van der Waals surface area contributed by atoms with Crippen molar-refractivity contribution < 1.29 is 9.18 Å². The number of hydrogen-bond donors (Lipinski definition) is 2. The van der Waals surface area contributed by atoms with Crippen molar-refractivity contribution in [2.45, 2.75) is 0 Å². The Morgan fingerprint density at radius 1 is 1.26 bits per heavy atom. The highest BCUT2D eigenvalue weighted by molar-refractivity contribution is 9.10. The average molecular weight is 344 g/mol. The smallest absolute Gasteiger partial charge is 0.257 e. The van der Waals surface area contributed by atoms with E-state index in [-0.39, 0.29) is 16.9 Å². The number of carbonyl (C=O) groups excluding carboxylic acids is 1. The molecule has 6 heteroatoms. The van der Waals surface area contributed by atoms with E-state index in [0.717, 1.165) is 0 Å². The molecule has 0 spiro atoms. The molecule has 0 aliphatic heterocycles. The Morgan fingerprint density at radius 2 is 2.00 bits per heavy atom. The van der Waals surface area contributed by atoms with Crippen LogP contribution < -0.4 is 11.1 Å². The van der Waals surface area contributed by atoms with Gasteiger partial charge in [-0.3, -0.25) is 4.79 Å². The van der Waals surface area contributed by atoms with E-state index in [0.29, 0.717) is 9.50 Å². The van der Waals surface area contributed by atoms with Crippen LogP contribution in [0.25, 0.3) is 0 Å². The van der Waals surface area contributed by atoms with Crippen molar-refractivity contribution in [2.75, 3.05) is 11.1 Å². The van der Waals surface area contributed by atoms with Gasteiger partial charge in [-0.15, -0.1) is 0 Å². The first kappa shape index (κ1) is 13.8. The van der Waals surface area contributed by atoms with Crippen LogP contribution in [0, 0.1) is 5.82 Å². The summed E-state index contributed by atoms with van der Waals surface area (Å²) < 4.78 is 14.2. The van der Waals surface area contributed by atoms with Gasteiger partial charge >= 0.3 is 0 Å². The van der Waals surface area contributed by atoms with Crippen molar-refractivity contribution in [1.82, 2.24) is 0 Å². The zero-order chi connectivity index (χ0) is 14.0. The maximum Gasteiger partial charge on any atom is 0.257 e. The summed E-state index contributed by atoms with van der Waals surface area (Å²) in [6.07, 6.45) is 0. The number of rotatable bonds is 2. The summed E-state index contributed by atoms with van der Waals surface area (Å²) in [5.74, 6) is -1.05. The summed E-state index contributed by atoms with van der Waals surface area (Å²) in [4.78, 5) is 12.0. The second kappa shape index (κ2) is 5.59. The van der Waals surface area contributed by atoms with Gasteiger partial charge in [0.1, 0.15) is 5.82 Å². The fraction of sp³-hybridized carbons (Fsp3) is 0. The maximum absolute atomic E-state index is 13.5. The Hall–Kier alpha value is -1.59. The quantitative estimate of drug-likeness (QED) is 0.807. The lowest BCUT2D eigenvalue weighted by molar-refractivity contribution is 0.102. The van der Waals surface area contributed by atoms with Gasteiger partial charge in [0.2, 0.25) is 0 Å². The summed E-state index contributed by atoms with van der Waals surface area (Å²) >= 11 is 9.01. The van der Waals surface area contributed by atoms with Crippen LogP contribution in [0.15, 0.2) is 40.9 Å². The van der Waals surface area contributed by atoms with Crippen molar-refractivity contribution >= 4 is 44.8 Å². The highest BCUT2D eigenvalue weighted by Gasteiger charge is 2.13. The van der Waals surface area contributed by atoms with Gasteiger partial charge in [0.25, 0.3) is 5.91 Å². The van der Waals surface area contributed by atoms with Crippen LogP contribution in [0.2, 0.25) is 5.02 Å². The van der Waals surface area contributed by atoms with Crippen LogP contribution in [0.1, 0.15) is 10.4 Å². The summed E-state index contributed by atoms with van der Waals surface area (Å²) in [5, 5.41) is 2.84. The molecule has 2 aromatic carbocycles. The SMILES string of the molecule is Nc1ccc(Cl)cc1C(=O)Nc1cc(Br)ccc1F. The highest BCUT2D eigenvalue weighted by Crippen LogP contribution is 2.23. The molecular weight excluding hydrogens is 335 g/mol. The molecule has 19 heavy (non-hydrogen) atoms. The van der Waals surface area contributed by atoms with Crippen molar-refractivity contribution in [3.63, 3.8) is 0 Å². The second-order valence-corrected chi connectivity index (χ2v) is 5.16. The molecular formula is C13H9BrClFN2O. The first-order valence-corrected chi connectivity index (χ1v) is 6.46. The van der Waals surface area contributed by atoms with Crippen molar-refractivity contribution in [3.8, 4) is 0 Å².